The predicted octanol–water partition coefficient (Wildman–Crippen LogP) is 6.23. The number of thioether (sulfide) groups is 1. The van der Waals surface area contributed by atoms with Crippen LogP contribution >= 0.6 is 11.8 Å². The highest BCUT2D eigenvalue weighted by Gasteiger charge is 2.26. The lowest BCUT2D eigenvalue weighted by Gasteiger charge is -2.29. The minimum atomic E-state index is -0.667. The number of rotatable bonds is 11. The first-order valence-corrected chi connectivity index (χ1v) is 11.6. The van der Waals surface area contributed by atoms with Gasteiger partial charge in [0, 0.05) is 24.2 Å². The van der Waals surface area contributed by atoms with Crippen molar-refractivity contribution in [3.63, 3.8) is 0 Å². The van der Waals surface area contributed by atoms with Crippen molar-refractivity contribution in [2.75, 3.05) is 30.9 Å². The van der Waals surface area contributed by atoms with Gasteiger partial charge in [-0.25, -0.2) is 0 Å². The summed E-state index contributed by atoms with van der Waals surface area (Å²) in [5, 5.41) is 23.1. The van der Waals surface area contributed by atoms with Gasteiger partial charge >= 0.3 is 0 Å². The highest BCUT2D eigenvalue weighted by molar-refractivity contribution is 8.13. The Morgan fingerprint density at radius 1 is 1.07 bits per heavy atom. The van der Waals surface area contributed by atoms with Crippen LogP contribution in [0.3, 0.4) is 0 Å². The van der Waals surface area contributed by atoms with Crippen molar-refractivity contribution in [1.82, 2.24) is 0 Å². The third-order valence-electron chi connectivity index (χ3n) is 5.16. The molecule has 0 amide bonds. The Kier molecular flexibility index (Phi) is 10.7. The minimum Gasteiger partial charge on any atom is -0.393 e. The maximum Gasteiger partial charge on any atom is 0.246 e. The third-order valence-corrected chi connectivity index (χ3v) is 5.68. The van der Waals surface area contributed by atoms with Crippen LogP contribution in [-0.2, 0) is 4.84 Å². The van der Waals surface area contributed by atoms with Gasteiger partial charge in [-0.3, -0.25) is 0 Å². The quantitative estimate of drug-likeness (QED) is 0.198. The van der Waals surface area contributed by atoms with E-state index in [2.05, 4.69) is 60.1 Å². The highest BCUT2D eigenvalue weighted by Crippen LogP contribution is 2.31. The van der Waals surface area contributed by atoms with Crippen molar-refractivity contribution < 1.29 is 9.94 Å². The van der Waals surface area contributed by atoms with Crippen LogP contribution in [0.25, 0.3) is 0 Å². The molecule has 6 nitrogen and oxygen atoms in total. The number of anilines is 1. The van der Waals surface area contributed by atoms with E-state index >= 15 is 0 Å². The van der Waals surface area contributed by atoms with E-state index in [0.717, 1.165) is 38.0 Å². The number of oxime groups is 1. The number of hydrogen-bond donors (Lipinski definition) is 1. The second-order valence-electron chi connectivity index (χ2n) is 8.22. The van der Waals surface area contributed by atoms with E-state index in [1.54, 1.807) is 0 Å². The van der Waals surface area contributed by atoms with Crippen molar-refractivity contribution >= 4 is 28.3 Å². The van der Waals surface area contributed by atoms with Crippen LogP contribution < -0.4 is 4.90 Å². The molecule has 0 saturated heterocycles. The van der Waals surface area contributed by atoms with Crippen LogP contribution in [0.1, 0.15) is 60.8 Å². The molecule has 0 radical (unpaired) electrons. The van der Waals surface area contributed by atoms with Crippen molar-refractivity contribution in [3.8, 4) is 0 Å². The number of amidine groups is 1. The van der Waals surface area contributed by atoms with E-state index in [-0.39, 0.29) is 5.41 Å². The Hall–Kier alpha value is -1.60. The summed E-state index contributed by atoms with van der Waals surface area (Å²) < 4.78 is 0. The van der Waals surface area contributed by atoms with Crippen molar-refractivity contribution in [3.05, 3.63) is 24.3 Å². The second-order valence-corrected chi connectivity index (χ2v) is 8.99. The summed E-state index contributed by atoms with van der Waals surface area (Å²) in [5.41, 5.74) is 1.26. The third kappa shape index (κ3) is 9.63. The molecule has 0 spiro atoms. The zero-order valence-corrected chi connectivity index (χ0v) is 19.9. The zero-order valence-electron chi connectivity index (χ0n) is 19.1. The molecule has 1 N–H and O–H groups in total. The molecule has 1 aromatic rings. The summed E-state index contributed by atoms with van der Waals surface area (Å²) >= 11 is 1.40. The summed E-state index contributed by atoms with van der Waals surface area (Å²) in [5.74, 6) is 0. The van der Waals surface area contributed by atoms with Crippen molar-refractivity contribution in [2.45, 2.75) is 66.4 Å². The molecule has 1 atom stereocenters. The average molecular weight is 423 g/mol. The zero-order chi connectivity index (χ0) is 21.9. The normalized spacial score (nSPS) is 14.8. The fraction of sp³-hybridized carbons (Fsp3) is 0.682. The summed E-state index contributed by atoms with van der Waals surface area (Å²) in [6, 6.07) is 8.04. The monoisotopic (exact) mass is 422 g/mol. The van der Waals surface area contributed by atoms with E-state index in [1.165, 1.54) is 17.4 Å². The largest absolute Gasteiger partial charge is 0.393 e. The first kappa shape index (κ1) is 25.4. The molecule has 0 fully saturated rings. The van der Waals surface area contributed by atoms with Gasteiger partial charge in [-0.15, -0.1) is 10.2 Å². The molecule has 0 aromatic heterocycles. The van der Waals surface area contributed by atoms with Gasteiger partial charge in [-0.2, -0.15) is 0 Å². The van der Waals surface area contributed by atoms with E-state index < -0.39 is 5.60 Å². The first-order valence-electron chi connectivity index (χ1n) is 10.4. The Balaban J connectivity index is 2.68. The standard InChI is InChI=1S/C22H38N4O2S/c1-8-22(6,16-15-21(4,5)27)17-28-25-20(29-7)24-23-18-11-13-19(14-12-18)26(9-2)10-3/h11-14,27H,8-10,15-17H2,1-7H3/b24-23?,25-20-. The highest BCUT2D eigenvalue weighted by atomic mass is 32.2. The lowest BCUT2D eigenvalue weighted by molar-refractivity contribution is 0.0172. The van der Waals surface area contributed by atoms with Crippen LogP contribution in [0, 0.1) is 5.41 Å². The minimum absolute atomic E-state index is 0.0373. The van der Waals surface area contributed by atoms with Gasteiger partial charge in [-0.1, -0.05) is 30.8 Å². The summed E-state index contributed by atoms with van der Waals surface area (Å²) in [6.07, 6.45) is 4.45. The smallest absolute Gasteiger partial charge is 0.246 e. The van der Waals surface area contributed by atoms with Gasteiger partial charge in [0.2, 0.25) is 5.17 Å². The number of aliphatic hydroxyl groups is 1. The molecule has 29 heavy (non-hydrogen) atoms. The van der Waals surface area contributed by atoms with E-state index in [0.29, 0.717) is 11.8 Å². The maximum atomic E-state index is 9.98. The van der Waals surface area contributed by atoms with Gasteiger partial charge < -0.3 is 14.8 Å². The lowest BCUT2D eigenvalue weighted by Crippen LogP contribution is -2.27. The SMILES string of the molecule is CCN(CC)c1ccc(N=N/C(=N/OCC(C)(CC)CCC(C)(C)O)SC)cc1. The number of nitrogens with zero attached hydrogens (tertiary/aromatic N) is 4. The molecule has 1 aromatic carbocycles. The lowest BCUT2D eigenvalue weighted by atomic mass is 9.81. The van der Waals surface area contributed by atoms with Crippen LogP contribution in [0.2, 0.25) is 0 Å². The van der Waals surface area contributed by atoms with Crippen LogP contribution in [0.5, 0.6) is 0 Å². The average Bonchev–Trinajstić information content (AvgIpc) is 2.70. The van der Waals surface area contributed by atoms with E-state index in [4.69, 9.17) is 4.84 Å². The molecule has 0 aliphatic rings. The molecule has 1 rings (SSSR count). The number of benzene rings is 1. The van der Waals surface area contributed by atoms with Crippen LogP contribution in [0.4, 0.5) is 11.4 Å². The molecule has 7 heteroatoms. The Bertz CT molecular complexity index is 652. The Morgan fingerprint density at radius 3 is 2.17 bits per heavy atom. The topological polar surface area (TPSA) is 69.8 Å². The Morgan fingerprint density at radius 2 is 1.69 bits per heavy atom. The summed E-state index contributed by atoms with van der Waals surface area (Å²) in [6.45, 7) is 14.7. The van der Waals surface area contributed by atoms with Gasteiger partial charge in [0.15, 0.2) is 0 Å². The molecular weight excluding hydrogens is 384 g/mol. The molecule has 0 saturated carbocycles. The molecule has 164 valence electrons. The molecule has 0 bridgehead atoms. The van der Waals surface area contributed by atoms with Crippen LogP contribution in [0.15, 0.2) is 39.6 Å². The van der Waals surface area contributed by atoms with E-state index in [9.17, 15) is 5.11 Å². The molecular formula is C22H38N4O2S. The van der Waals surface area contributed by atoms with Gasteiger partial charge in [0.25, 0.3) is 0 Å². The van der Waals surface area contributed by atoms with Crippen molar-refractivity contribution in [2.24, 2.45) is 20.8 Å². The fourth-order valence-electron chi connectivity index (χ4n) is 2.72. The first-order chi connectivity index (χ1) is 13.7. The Labute approximate surface area is 180 Å². The van der Waals surface area contributed by atoms with Gasteiger partial charge in [0.1, 0.15) is 6.61 Å². The molecule has 0 aliphatic heterocycles. The molecule has 0 aliphatic carbocycles. The van der Waals surface area contributed by atoms with E-state index in [1.807, 2.05) is 32.2 Å². The maximum absolute atomic E-state index is 9.98. The number of azo groups is 1. The van der Waals surface area contributed by atoms with Crippen LogP contribution in [-0.4, -0.2) is 41.8 Å². The second kappa shape index (κ2) is 12.2. The van der Waals surface area contributed by atoms with Crippen molar-refractivity contribution in [1.29, 1.82) is 0 Å². The fourth-order valence-corrected chi connectivity index (χ4v) is 2.97. The summed E-state index contributed by atoms with van der Waals surface area (Å²) in [4.78, 5) is 7.89. The summed E-state index contributed by atoms with van der Waals surface area (Å²) in [7, 11) is 0. The van der Waals surface area contributed by atoms with Gasteiger partial charge in [-0.05, 0) is 77.5 Å². The molecule has 0 heterocycles. The molecule has 1 unspecified atom stereocenters. The number of hydrogen-bond acceptors (Lipinski definition) is 6. The predicted molar refractivity (Wildman–Crippen MR) is 125 cm³/mol. The van der Waals surface area contributed by atoms with Gasteiger partial charge in [0.05, 0.1) is 11.3 Å².